The van der Waals surface area contributed by atoms with Gasteiger partial charge in [0.25, 0.3) is 0 Å². The zero-order chi connectivity index (χ0) is 15.5. The van der Waals surface area contributed by atoms with Gasteiger partial charge in [-0.05, 0) is 36.6 Å². The van der Waals surface area contributed by atoms with Gasteiger partial charge in [0.2, 0.25) is 0 Å². The molecule has 4 rings (SSSR count). The van der Waals surface area contributed by atoms with Gasteiger partial charge in [-0.2, -0.15) is 9.59 Å². The molecule has 1 fully saturated rings. The first-order chi connectivity index (χ1) is 11.4. The molecule has 1 saturated heterocycles. The molecule has 2 aromatic heterocycles. The van der Waals surface area contributed by atoms with E-state index in [0.29, 0.717) is 0 Å². The number of anilines is 1. The smallest absolute Gasteiger partial charge is 0.174 e. The lowest BCUT2D eigenvalue weighted by atomic mass is 10.2. The Morgan fingerprint density at radius 3 is 2.83 bits per heavy atom. The van der Waals surface area contributed by atoms with Crippen molar-refractivity contribution in [2.24, 2.45) is 0 Å². The van der Waals surface area contributed by atoms with Crippen LogP contribution in [0.1, 0.15) is 12.2 Å². The summed E-state index contributed by atoms with van der Waals surface area (Å²) in [6, 6.07) is 8.48. The Hall–Kier alpha value is -2.06. The van der Waals surface area contributed by atoms with Gasteiger partial charge in [-0.1, -0.05) is 17.3 Å². The molecule has 0 bridgehead atoms. The van der Waals surface area contributed by atoms with Crippen LogP contribution >= 0.6 is 11.5 Å². The number of piperazine rings is 1. The third kappa shape index (κ3) is 3.18. The fraction of sp³-hybridized carbons (Fsp3) is 0.467. The number of hydrogen-bond acceptors (Lipinski definition) is 7. The summed E-state index contributed by atoms with van der Waals surface area (Å²) in [6.45, 7) is 5.32. The standard InChI is InChI=1S/C15H19N7S/c1-2-5-13-12(4-1)15(18-23-13)22-10-8-21(9-11-22)7-3-6-14-16-19-20-17-14/h1-2,4-5H,3,6-11H2,(H,16,17,19,20). The summed E-state index contributed by atoms with van der Waals surface area (Å²) in [4.78, 5) is 4.92. The van der Waals surface area contributed by atoms with E-state index in [2.05, 4.69) is 59.1 Å². The van der Waals surface area contributed by atoms with Crippen LogP contribution in [0.4, 0.5) is 5.82 Å². The molecule has 3 aromatic rings. The largest absolute Gasteiger partial charge is 0.353 e. The van der Waals surface area contributed by atoms with Crippen molar-refractivity contribution in [3.63, 3.8) is 0 Å². The molecular weight excluding hydrogens is 310 g/mol. The molecule has 1 aromatic carbocycles. The van der Waals surface area contributed by atoms with E-state index < -0.39 is 0 Å². The summed E-state index contributed by atoms with van der Waals surface area (Å²) in [7, 11) is 0. The maximum absolute atomic E-state index is 4.66. The summed E-state index contributed by atoms with van der Waals surface area (Å²) >= 11 is 1.59. The molecule has 23 heavy (non-hydrogen) atoms. The molecular formula is C15H19N7S. The third-order valence-electron chi connectivity index (χ3n) is 4.29. The van der Waals surface area contributed by atoms with Gasteiger partial charge in [0.15, 0.2) is 5.82 Å². The van der Waals surface area contributed by atoms with Crippen molar-refractivity contribution in [1.29, 1.82) is 0 Å². The van der Waals surface area contributed by atoms with E-state index in [4.69, 9.17) is 0 Å². The Kier molecular flexibility index (Phi) is 4.16. The van der Waals surface area contributed by atoms with E-state index in [0.717, 1.165) is 57.2 Å². The first-order valence-corrected chi connectivity index (χ1v) is 8.71. The molecule has 8 heteroatoms. The molecule has 0 atom stereocenters. The highest BCUT2D eigenvalue weighted by molar-refractivity contribution is 7.13. The number of H-pyrrole nitrogens is 1. The lowest BCUT2D eigenvalue weighted by Gasteiger charge is -2.35. The highest BCUT2D eigenvalue weighted by Crippen LogP contribution is 2.29. The van der Waals surface area contributed by atoms with Gasteiger partial charge in [0.1, 0.15) is 5.82 Å². The average Bonchev–Trinajstić information content (AvgIpc) is 3.25. The molecule has 0 amide bonds. The predicted octanol–water partition coefficient (Wildman–Crippen LogP) is 1.56. The molecule has 1 aliphatic rings. The van der Waals surface area contributed by atoms with Crippen LogP contribution < -0.4 is 4.90 Å². The fourth-order valence-corrected chi connectivity index (χ4v) is 3.83. The lowest BCUT2D eigenvalue weighted by molar-refractivity contribution is 0.254. The SMILES string of the molecule is c1ccc2c(N3CCN(CCCc4nn[nH]n4)CC3)nsc2c1. The van der Waals surface area contributed by atoms with Gasteiger partial charge in [0.05, 0.1) is 4.70 Å². The van der Waals surface area contributed by atoms with Crippen LogP contribution in [0.2, 0.25) is 0 Å². The molecule has 0 saturated carbocycles. The maximum Gasteiger partial charge on any atom is 0.174 e. The zero-order valence-electron chi connectivity index (χ0n) is 12.9. The minimum atomic E-state index is 0.803. The van der Waals surface area contributed by atoms with Gasteiger partial charge in [-0.15, -0.1) is 10.2 Å². The monoisotopic (exact) mass is 329 g/mol. The van der Waals surface area contributed by atoms with E-state index in [1.165, 1.54) is 10.1 Å². The fourth-order valence-electron chi connectivity index (χ4n) is 3.03. The first kappa shape index (κ1) is 14.5. The highest BCUT2D eigenvalue weighted by atomic mass is 32.1. The van der Waals surface area contributed by atoms with E-state index in [1.807, 2.05) is 0 Å². The molecule has 3 heterocycles. The second-order valence-electron chi connectivity index (χ2n) is 5.76. The Labute approximate surface area is 138 Å². The van der Waals surface area contributed by atoms with Gasteiger partial charge in [0, 0.05) is 38.0 Å². The van der Waals surface area contributed by atoms with Gasteiger partial charge in [-0.25, -0.2) is 0 Å². The number of aromatic amines is 1. The number of rotatable bonds is 5. The second-order valence-corrected chi connectivity index (χ2v) is 6.57. The van der Waals surface area contributed by atoms with Crippen LogP contribution in [-0.2, 0) is 6.42 Å². The molecule has 0 radical (unpaired) electrons. The molecule has 1 N–H and O–H groups in total. The van der Waals surface area contributed by atoms with E-state index in [9.17, 15) is 0 Å². The minimum absolute atomic E-state index is 0.803. The third-order valence-corrected chi connectivity index (χ3v) is 5.11. The minimum Gasteiger partial charge on any atom is -0.353 e. The predicted molar refractivity (Wildman–Crippen MR) is 90.8 cm³/mol. The molecule has 1 aliphatic heterocycles. The van der Waals surface area contributed by atoms with Crippen LogP contribution in [0.5, 0.6) is 0 Å². The Morgan fingerprint density at radius 2 is 2.00 bits per heavy atom. The Morgan fingerprint density at radius 1 is 1.13 bits per heavy atom. The second kappa shape index (κ2) is 6.59. The van der Waals surface area contributed by atoms with Crippen LogP contribution in [-0.4, -0.2) is 62.6 Å². The molecule has 7 nitrogen and oxygen atoms in total. The quantitative estimate of drug-likeness (QED) is 0.766. The van der Waals surface area contributed by atoms with Crippen molar-refractivity contribution in [2.75, 3.05) is 37.6 Å². The number of benzene rings is 1. The van der Waals surface area contributed by atoms with Crippen LogP contribution in [0.15, 0.2) is 24.3 Å². The lowest BCUT2D eigenvalue weighted by Crippen LogP contribution is -2.46. The number of aryl methyl sites for hydroxylation is 1. The maximum atomic E-state index is 4.66. The highest BCUT2D eigenvalue weighted by Gasteiger charge is 2.20. The van der Waals surface area contributed by atoms with Crippen molar-refractivity contribution >= 4 is 27.4 Å². The number of tetrazole rings is 1. The summed E-state index contributed by atoms with van der Waals surface area (Å²) < 4.78 is 5.93. The molecule has 120 valence electrons. The zero-order valence-corrected chi connectivity index (χ0v) is 13.7. The van der Waals surface area contributed by atoms with Crippen LogP contribution in [0.25, 0.3) is 10.1 Å². The Bertz CT molecular complexity index is 746. The molecule has 0 unspecified atom stereocenters. The first-order valence-electron chi connectivity index (χ1n) is 7.94. The summed E-state index contributed by atoms with van der Waals surface area (Å²) in [5.41, 5.74) is 0. The number of nitrogens with zero attached hydrogens (tertiary/aromatic N) is 6. The van der Waals surface area contributed by atoms with E-state index in [-0.39, 0.29) is 0 Å². The summed E-state index contributed by atoms with van der Waals surface area (Å²) in [5.74, 6) is 1.95. The van der Waals surface area contributed by atoms with Crippen molar-refractivity contribution in [3.05, 3.63) is 30.1 Å². The Balaban J connectivity index is 1.30. The van der Waals surface area contributed by atoms with Crippen molar-refractivity contribution in [1.82, 2.24) is 29.9 Å². The van der Waals surface area contributed by atoms with Crippen molar-refractivity contribution in [2.45, 2.75) is 12.8 Å². The molecule has 0 aliphatic carbocycles. The topological polar surface area (TPSA) is 73.8 Å². The van der Waals surface area contributed by atoms with Crippen molar-refractivity contribution in [3.8, 4) is 0 Å². The van der Waals surface area contributed by atoms with E-state index >= 15 is 0 Å². The van der Waals surface area contributed by atoms with Gasteiger partial charge in [-0.3, -0.25) is 4.90 Å². The van der Waals surface area contributed by atoms with Crippen molar-refractivity contribution < 1.29 is 0 Å². The summed E-state index contributed by atoms with van der Waals surface area (Å²) in [6.07, 6.45) is 1.95. The van der Waals surface area contributed by atoms with Crippen LogP contribution in [0, 0.1) is 0 Å². The number of hydrogen-bond donors (Lipinski definition) is 1. The van der Waals surface area contributed by atoms with Gasteiger partial charge >= 0.3 is 0 Å². The normalized spacial score (nSPS) is 16.3. The number of aromatic nitrogens is 5. The van der Waals surface area contributed by atoms with Crippen LogP contribution in [0.3, 0.4) is 0 Å². The number of fused-ring (bicyclic) bond motifs is 1. The molecule has 0 spiro atoms. The van der Waals surface area contributed by atoms with Gasteiger partial charge < -0.3 is 4.90 Å². The number of nitrogens with one attached hydrogen (secondary N) is 1. The van der Waals surface area contributed by atoms with E-state index in [1.54, 1.807) is 11.5 Å². The average molecular weight is 329 g/mol. The summed E-state index contributed by atoms with van der Waals surface area (Å²) in [5, 5.41) is 15.4.